The van der Waals surface area contributed by atoms with Crippen LogP contribution in [-0.2, 0) is 14.2 Å². The van der Waals surface area contributed by atoms with Crippen LogP contribution in [0, 0.1) is 5.92 Å². The van der Waals surface area contributed by atoms with Crippen molar-refractivity contribution in [3.63, 3.8) is 0 Å². The van der Waals surface area contributed by atoms with E-state index in [0.29, 0.717) is 13.2 Å². The Kier molecular flexibility index (Phi) is 9.47. The molecule has 3 rings (SSSR count). The fourth-order valence-electron chi connectivity index (χ4n) is 4.59. The average molecular weight is 481 g/mol. The standard InChI is InChI=1S/C24H40N4O6/c1-15(2)32-14-19-20(33-16(3)4)17(5)23(34-19)28-13-18(22(30)26-24(28)31)21(29)25-9-12-27-10-7-6-8-11-27/h13,15-17,19-20,23H,6-12,14H2,1-5H3,(H,25,29)(H,26,30,31)/t17-,19+,20?,23+/m0/s1. The average Bonchev–Trinajstić information content (AvgIpc) is 3.07. The van der Waals surface area contributed by atoms with E-state index < -0.39 is 23.4 Å². The van der Waals surface area contributed by atoms with E-state index in [2.05, 4.69) is 15.2 Å². The Morgan fingerprint density at radius 3 is 2.53 bits per heavy atom. The van der Waals surface area contributed by atoms with Gasteiger partial charge in [-0.15, -0.1) is 0 Å². The van der Waals surface area contributed by atoms with Gasteiger partial charge in [0.25, 0.3) is 11.5 Å². The minimum absolute atomic E-state index is 0.0219. The maximum Gasteiger partial charge on any atom is 0.330 e. The lowest BCUT2D eigenvalue weighted by atomic mass is 10.0. The molecule has 34 heavy (non-hydrogen) atoms. The Morgan fingerprint density at radius 1 is 1.18 bits per heavy atom. The number of amides is 1. The smallest absolute Gasteiger partial charge is 0.330 e. The zero-order chi connectivity index (χ0) is 24.8. The minimum Gasteiger partial charge on any atom is -0.376 e. The van der Waals surface area contributed by atoms with E-state index in [9.17, 15) is 14.4 Å². The lowest BCUT2D eigenvalue weighted by Crippen LogP contribution is -2.41. The van der Waals surface area contributed by atoms with E-state index in [4.69, 9.17) is 14.2 Å². The summed E-state index contributed by atoms with van der Waals surface area (Å²) < 4.78 is 19.3. The first kappa shape index (κ1) is 26.6. The molecule has 2 aliphatic heterocycles. The zero-order valence-electron chi connectivity index (χ0n) is 21.0. The van der Waals surface area contributed by atoms with Gasteiger partial charge in [-0.2, -0.15) is 0 Å². The summed E-state index contributed by atoms with van der Waals surface area (Å²) in [6.45, 7) is 13.2. The monoisotopic (exact) mass is 480 g/mol. The molecule has 0 aromatic carbocycles. The molecule has 4 atom stereocenters. The second-order valence-electron chi connectivity index (χ2n) is 9.82. The predicted molar refractivity (Wildman–Crippen MR) is 128 cm³/mol. The third kappa shape index (κ3) is 6.78. The van der Waals surface area contributed by atoms with Crippen LogP contribution in [0.2, 0.25) is 0 Å². The summed E-state index contributed by atoms with van der Waals surface area (Å²) in [5, 5.41) is 2.81. The molecule has 0 aliphatic carbocycles. The summed E-state index contributed by atoms with van der Waals surface area (Å²) >= 11 is 0. The number of nitrogens with one attached hydrogen (secondary N) is 2. The van der Waals surface area contributed by atoms with Crippen LogP contribution < -0.4 is 16.6 Å². The highest BCUT2D eigenvalue weighted by atomic mass is 16.6. The Morgan fingerprint density at radius 2 is 1.88 bits per heavy atom. The van der Waals surface area contributed by atoms with Crippen LogP contribution in [0.15, 0.2) is 15.8 Å². The van der Waals surface area contributed by atoms with E-state index in [0.717, 1.165) is 19.6 Å². The Bertz CT molecular complexity index is 921. The number of rotatable bonds is 10. The van der Waals surface area contributed by atoms with Gasteiger partial charge in [0.1, 0.15) is 17.9 Å². The van der Waals surface area contributed by atoms with Crippen LogP contribution in [0.4, 0.5) is 0 Å². The molecule has 0 radical (unpaired) electrons. The maximum absolute atomic E-state index is 12.8. The summed E-state index contributed by atoms with van der Waals surface area (Å²) in [6.07, 6.45) is 3.49. The third-order valence-corrected chi connectivity index (χ3v) is 6.32. The third-order valence-electron chi connectivity index (χ3n) is 6.32. The van der Waals surface area contributed by atoms with Gasteiger partial charge in [0.15, 0.2) is 0 Å². The fraction of sp³-hybridized carbons (Fsp3) is 0.792. The number of piperidine rings is 1. The molecule has 1 amide bonds. The van der Waals surface area contributed by atoms with E-state index >= 15 is 0 Å². The molecule has 0 spiro atoms. The highest BCUT2D eigenvalue weighted by Gasteiger charge is 2.45. The molecule has 3 heterocycles. The summed E-state index contributed by atoms with van der Waals surface area (Å²) in [6, 6.07) is 0. The summed E-state index contributed by atoms with van der Waals surface area (Å²) in [5.41, 5.74) is -1.45. The number of aromatic amines is 1. The number of H-pyrrole nitrogens is 1. The first-order valence-electron chi connectivity index (χ1n) is 12.5. The first-order valence-corrected chi connectivity index (χ1v) is 12.5. The van der Waals surface area contributed by atoms with Crippen LogP contribution in [0.3, 0.4) is 0 Å². The highest BCUT2D eigenvalue weighted by molar-refractivity contribution is 5.93. The Balaban J connectivity index is 1.75. The molecule has 192 valence electrons. The van der Waals surface area contributed by atoms with Gasteiger partial charge in [0.05, 0.1) is 24.9 Å². The molecule has 0 bridgehead atoms. The molecule has 2 N–H and O–H groups in total. The van der Waals surface area contributed by atoms with Crippen LogP contribution in [-0.4, -0.2) is 77.6 Å². The number of ether oxygens (including phenoxy) is 3. The second-order valence-corrected chi connectivity index (χ2v) is 9.82. The quantitative estimate of drug-likeness (QED) is 0.522. The predicted octanol–water partition coefficient (Wildman–Crippen LogP) is 1.50. The Hall–Kier alpha value is -2.01. The fourth-order valence-corrected chi connectivity index (χ4v) is 4.59. The molecule has 10 heteroatoms. The molecule has 2 aliphatic rings. The lowest BCUT2D eigenvalue weighted by Gasteiger charge is -2.26. The van der Waals surface area contributed by atoms with Gasteiger partial charge in [0.2, 0.25) is 0 Å². The number of carbonyl (C=O) groups excluding carboxylic acids is 1. The Labute approximate surface area is 201 Å². The number of likely N-dealkylation sites (tertiary alicyclic amines) is 1. The summed E-state index contributed by atoms with van der Waals surface area (Å²) in [7, 11) is 0. The van der Waals surface area contributed by atoms with Crippen molar-refractivity contribution in [2.75, 3.05) is 32.8 Å². The number of aromatic nitrogens is 2. The van der Waals surface area contributed by atoms with E-state index in [-0.39, 0.29) is 35.9 Å². The van der Waals surface area contributed by atoms with E-state index in [1.165, 1.54) is 30.0 Å². The zero-order valence-corrected chi connectivity index (χ0v) is 21.0. The van der Waals surface area contributed by atoms with Crippen molar-refractivity contribution in [2.24, 2.45) is 5.92 Å². The largest absolute Gasteiger partial charge is 0.376 e. The second kappa shape index (κ2) is 12.1. The molecular formula is C24H40N4O6. The van der Waals surface area contributed by atoms with E-state index in [1.54, 1.807) is 0 Å². The minimum atomic E-state index is -0.711. The van der Waals surface area contributed by atoms with Crippen molar-refractivity contribution in [2.45, 2.75) is 84.5 Å². The van der Waals surface area contributed by atoms with Crippen molar-refractivity contribution in [3.8, 4) is 0 Å². The van der Waals surface area contributed by atoms with Gasteiger partial charge >= 0.3 is 5.69 Å². The van der Waals surface area contributed by atoms with Gasteiger partial charge in [0, 0.05) is 25.2 Å². The van der Waals surface area contributed by atoms with Gasteiger partial charge in [-0.1, -0.05) is 13.3 Å². The van der Waals surface area contributed by atoms with Gasteiger partial charge in [-0.25, -0.2) is 4.79 Å². The van der Waals surface area contributed by atoms with Gasteiger partial charge in [-0.3, -0.25) is 19.1 Å². The molecule has 0 saturated carbocycles. The molecule has 1 unspecified atom stereocenters. The van der Waals surface area contributed by atoms with Crippen molar-refractivity contribution < 1.29 is 19.0 Å². The number of carbonyl (C=O) groups is 1. The maximum atomic E-state index is 12.8. The molecule has 1 aromatic heterocycles. The number of hydrogen-bond donors (Lipinski definition) is 2. The first-order chi connectivity index (χ1) is 16.2. The summed E-state index contributed by atoms with van der Waals surface area (Å²) in [5.74, 6) is -0.714. The van der Waals surface area contributed by atoms with Crippen LogP contribution in [0.25, 0.3) is 0 Å². The number of nitrogens with zero attached hydrogens (tertiary/aromatic N) is 2. The van der Waals surface area contributed by atoms with Crippen molar-refractivity contribution in [1.29, 1.82) is 0 Å². The lowest BCUT2D eigenvalue weighted by molar-refractivity contribution is -0.0966. The van der Waals surface area contributed by atoms with Crippen LogP contribution in [0.1, 0.15) is 70.5 Å². The molecule has 2 fully saturated rings. The van der Waals surface area contributed by atoms with Crippen molar-refractivity contribution in [3.05, 3.63) is 32.6 Å². The molecule has 2 saturated heterocycles. The topological polar surface area (TPSA) is 115 Å². The van der Waals surface area contributed by atoms with Crippen molar-refractivity contribution >= 4 is 5.91 Å². The van der Waals surface area contributed by atoms with Gasteiger partial charge in [-0.05, 0) is 53.6 Å². The number of hydrogen-bond acceptors (Lipinski definition) is 7. The van der Waals surface area contributed by atoms with Crippen LogP contribution >= 0.6 is 0 Å². The SMILES string of the molecule is CC(C)OC[C@H]1O[C@@H](n2cc(C(=O)NCCN3CCCCC3)c(=O)[nH]c2=O)[C@@H](C)C1OC(C)C. The van der Waals surface area contributed by atoms with E-state index in [1.807, 2.05) is 34.6 Å². The molecule has 10 nitrogen and oxygen atoms in total. The van der Waals surface area contributed by atoms with Crippen molar-refractivity contribution in [1.82, 2.24) is 19.8 Å². The molecule has 1 aromatic rings. The normalized spacial score (nSPS) is 25.9. The molecular weight excluding hydrogens is 440 g/mol. The highest BCUT2D eigenvalue weighted by Crippen LogP contribution is 2.36. The van der Waals surface area contributed by atoms with Gasteiger partial charge < -0.3 is 24.4 Å². The summed E-state index contributed by atoms with van der Waals surface area (Å²) in [4.78, 5) is 42.5. The van der Waals surface area contributed by atoms with Crippen LogP contribution in [0.5, 0.6) is 0 Å².